The van der Waals surface area contributed by atoms with Gasteiger partial charge < -0.3 is 104 Å². The monoisotopic (exact) mass is 1070 g/mol. The van der Waals surface area contributed by atoms with Crippen LogP contribution in [0.2, 0.25) is 0 Å². The van der Waals surface area contributed by atoms with Gasteiger partial charge in [-0.1, -0.05) is 60.1 Å². The number of rotatable bonds is 11. The Balaban J connectivity index is 0.875. The number of ether oxygens (including phenoxy) is 8. The molecule has 4 heterocycles. The summed E-state index contributed by atoms with van der Waals surface area (Å²) < 4.78 is 46.8. The van der Waals surface area contributed by atoms with Gasteiger partial charge in [0.1, 0.15) is 91.6 Å². The van der Waals surface area contributed by atoms with E-state index in [-0.39, 0.29) is 46.0 Å². The SMILES string of the molecule is CC1(C)CC[C@]2(C(=O)O[C@@H]3O[C@H](CO)[C@@H](O)[C@H](O)[C@H]3O)CC[C@]3(C)C(=CC[C@@H]4[C@@]5(C)CC[C@H](O[C@@H]6O[C@H](CO[C@@H]7O[C@H](CO[C@@H]8OC[C@@H](O)[C@H](O)[C@H]8O)[C@@H](O)[C@H](O)[C@H]7O)[C@@H](O)[C@H](O)[C@H]6O)C(C)(C)[C@H]5CC[C@]43C)[C@H]2C1. The molecule has 0 bridgehead atoms. The zero-order valence-electron chi connectivity index (χ0n) is 44.2. The highest BCUT2D eigenvalue weighted by Crippen LogP contribution is 2.76. The van der Waals surface area contributed by atoms with Crippen molar-refractivity contribution in [1.29, 1.82) is 0 Å². The minimum absolute atomic E-state index is 0.0748. The van der Waals surface area contributed by atoms with Crippen LogP contribution in [0, 0.1) is 50.2 Å². The normalized spacial score (nSPS) is 53.5. The lowest BCUT2D eigenvalue weighted by Gasteiger charge is -2.71. The van der Waals surface area contributed by atoms with E-state index in [0.717, 1.165) is 44.9 Å². The maximum Gasteiger partial charge on any atom is 0.315 e. The highest BCUT2D eigenvalue weighted by atomic mass is 16.7. The summed E-state index contributed by atoms with van der Waals surface area (Å²) in [5.41, 5.74) is -0.820. The number of fused-ring (bicyclic) bond motifs is 7. The number of esters is 1. The Labute approximate surface area is 437 Å². The molecular formula is C53H86O22. The number of carbonyl (C=O) groups is 1. The molecular weight excluding hydrogens is 989 g/mol. The van der Waals surface area contributed by atoms with Crippen LogP contribution in [0.4, 0.5) is 0 Å². The molecule has 27 atom stereocenters. The molecule has 0 aromatic heterocycles. The van der Waals surface area contributed by atoms with Crippen LogP contribution in [0.3, 0.4) is 0 Å². The van der Waals surface area contributed by atoms with Crippen molar-refractivity contribution < 1.29 is 109 Å². The van der Waals surface area contributed by atoms with E-state index < -0.39 is 159 Å². The minimum Gasteiger partial charge on any atom is -0.432 e. The predicted octanol–water partition coefficient (Wildman–Crippen LogP) is -1.40. The second-order valence-corrected chi connectivity index (χ2v) is 25.9. The number of aliphatic hydroxyl groups excluding tert-OH is 13. The van der Waals surface area contributed by atoms with Crippen molar-refractivity contribution in [2.45, 2.75) is 235 Å². The fourth-order valence-corrected chi connectivity index (χ4v) is 16.0. The van der Waals surface area contributed by atoms with Gasteiger partial charge in [-0.3, -0.25) is 4.79 Å². The molecule has 9 aliphatic rings. The molecule has 0 aromatic rings. The van der Waals surface area contributed by atoms with Crippen LogP contribution in [-0.2, 0) is 42.7 Å². The van der Waals surface area contributed by atoms with Gasteiger partial charge in [0.25, 0.3) is 0 Å². The second kappa shape index (κ2) is 21.1. The minimum atomic E-state index is -1.80. The number of hydrogen-bond acceptors (Lipinski definition) is 22. The summed E-state index contributed by atoms with van der Waals surface area (Å²) in [5.74, 6) is -0.267. The van der Waals surface area contributed by atoms with Crippen LogP contribution < -0.4 is 0 Å². The van der Waals surface area contributed by atoms with Crippen molar-refractivity contribution in [1.82, 2.24) is 0 Å². The van der Waals surface area contributed by atoms with Crippen LogP contribution in [0.5, 0.6) is 0 Å². The zero-order chi connectivity index (χ0) is 54.7. The average molecular weight is 1080 g/mol. The Morgan fingerprint density at radius 2 is 1.13 bits per heavy atom. The first-order valence-electron chi connectivity index (χ1n) is 27.2. The average Bonchev–Trinajstić information content (AvgIpc) is 3.36. The fourth-order valence-electron chi connectivity index (χ4n) is 16.0. The van der Waals surface area contributed by atoms with E-state index in [1.54, 1.807) is 0 Å². The smallest absolute Gasteiger partial charge is 0.315 e. The first kappa shape index (κ1) is 58.1. The number of aliphatic hydroxyl groups is 13. The topological polar surface area (TPSA) is 354 Å². The molecule has 0 spiro atoms. The summed E-state index contributed by atoms with van der Waals surface area (Å²) in [7, 11) is 0. The molecule has 9 rings (SSSR count). The van der Waals surface area contributed by atoms with Crippen molar-refractivity contribution >= 4 is 5.97 Å². The van der Waals surface area contributed by atoms with Crippen LogP contribution in [0.15, 0.2) is 11.6 Å². The van der Waals surface area contributed by atoms with E-state index in [1.165, 1.54) is 5.57 Å². The number of carbonyl (C=O) groups excluding carboxylic acids is 1. The molecule has 8 fully saturated rings. The van der Waals surface area contributed by atoms with Gasteiger partial charge in [-0.25, -0.2) is 0 Å². The summed E-state index contributed by atoms with van der Waals surface area (Å²) in [6.07, 6.45) is -20.5. The summed E-state index contributed by atoms with van der Waals surface area (Å²) in [5, 5.41) is 138. The van der Waals surface area contributed by atoms with Gasteiger partial charge in [0.15, 0.2) is 18.9 Å². The Kier molecular flexibility index (Phi) is 16.3. The van der Waals surface area contributed by atoms with E-state index in [2.05, 4.69) is 54.5 Å². The second-order valence-electron chi connectivity index (χ2n) is 25.9. The lowest BCUT2D eigenvalue weighted by atomic mass is 9.33. The molecule has 75 heavy (non-hydrogen) atoms. The van der Waals surface area contributed by atoms with Gasteiger partial charge in [-0.15, -0.1) is 0 Å². The first-order chi connectivity index (χ1) is 35.1. The largest absolute Gasteiger partial charge is 0.432 e. The molecule has 4 saturated heterocycles. The molecule has 4 saturated carbocycles. The van der Waals surface area contributed by atoms with Gasteiger partial charge in [0, 0.05) is 0 Å². The van der Waals surface area contributed by atoms with Crippen LogP contribution in [-0.4, -0.2) is 222 Å². The standard InChI is InChI=1S/C53H86O22/c1-48(2)14-16-53(47(67)75-46-42(66)36(60)33(57)26(19-54)71-46)17-15-51(6)23(24(53)18-48)8-9-30-50(5)12-11-31(49(3,4)29(50)10-13-52(30,51)7)74-45-41(65)38(62)35(59)28(73-45)22-70-44-40(64)37(61)34(58)27(72-44)21-69-43-39(63)32(56)25(55)20-68-43/h8,24-46,54-66H,9-22H2,1-7H3/t24-,25-,26-,27-,28-,29-,30-,31+,32+,33-,34-,35-,36+,37+,38+,39-,40-,41-,42-,43+,44-,45+,46+,50+,51-,52-,53+/m1/s1. The van der Waals surface area contributed by atoms with Crippen LogP contribution in [0.25, 0.3) is 0 Å². The Morgan fingerprint density at radius 1 is 0.587 bits per heavy atom. The summed E-state index contributed by atoms with van der Waals surface area (Å²) in [6.45, 7) is 14.0. The molecule has 5 aliphatic carbocycles. The third-order valence-corrected chi connectivity index (χ3v) is 21.0. The fraction of sp³-hybridized carbons (Fsp3) is 0.943. The van der Waals surface area contributed by atoms with Crippen molar-refractivity contribution in [3.8, 4) is 0 Å². The molecule has 0 aromatic carbocycles. The Morgan fingerprint density at radius 3 is 1.77 bits per heavy atom. The molecule has 22 nitrogen and oxygen atoms in total. The summed E-state index contributed by atoms with van der Waals surface area (Å²) in [6, 6.07) is 0. The molecule has 22 heteroatoms. The van der Waals surface area contributed by atoms with Crippen LogP contribution >= 0.6 is 0 Å². The van der Waals surface area contributed by atoms with Gasteiger partial charge >= 0.3 is 5.97 Å². The Bertz CT molecular complexity index is 2060. The molecule has 4 aliphatic heterocycles. The Hall–Kier alpha value is -1.59. The third-order valence-electron chi connectivity index (χ3n) is 21.0. The lowest BCUT2D eigenvalue weighted by Crippen LogP contribution is -2.66. The third kappa shape index (κ3) is 9.70. The van der Waals surface area contributed by atoms with E-state index in [1.807, 2.05) is 0 Å². The van der Waals surface area contributed by atoms with Crippen molar-refractivity contribution in [2.24, 2.45) is 50.2 Å². The van der Waals surface area contributed by atoms with E-state index in [9.17, 15) is 71.2 Å². The van der Waals surface area contributed by atoms with Crippen molar-refractivity contribution in [2.75, 3.05) is 26.4 Å². The molecule has 0 radical (unpaired) electrons. The van der Waals surface area contributed by atoms with Gasteiger partial charge in [0.05, 0.1) is 37.9 Å². The highest BCUT2D eigenvalue weighted by molar-refractivity contribution is 5.79. The highest BCUT2D eigenvalue weighted by Gasteiger charge is 2.70. The van der Waals surface area contributed by atoms with Crippen molar-refractivity contribution in [3.63, 3.8) is 0 Å². The zero-order valence-corrected chi connectivity index (χ0v) is 44.2. The molecule has 430 valence electrons. The quantitative estimate of drug-likeness (QED) is 0.0643. The van der Waals surface area contributed by atoms with E-state index in [0.29, 0.717) is 19.3 Å². The summed E-state index contributed by atoms with van der Waals surface area (Å²) in [4.78, 5) is 14.7. The summed E-state index contributed by atoms with van der Waals surface area (Å²) >= 11 is 0. The molecule has 0 unspecified atom stereocenters. The maximum atomic E-state index is 14.7. The first-order valence-corrected chi connectivity index (χ1v) is 27.2. The van der Waals surface area contributed by atoms with Gasteiger partial charge in [-0.05, 0) is 109 Å². The van der Waals surface area contributed by atoms with E-state index in [4.69, 9.17) is 37.9 Å². The number of hydrogen-bond donors (Lipinski definition) is 13. The predicted molar refractivity (Wildman–Crippen MR) is 257 cm³/mol. The van der Waals surface area contributed by atoms with E-state index >= 15 is 0 Å². The number of allylic oxidation sites excluding steroid dienone is 2. The maximum absolute atomic E-state index is 14.7. The lowest BCUT2D eigenvalue weighted by molar-refractivity contribution is -0.348. The molecule has 0 amide bonds. The van der Waals surface area contributed by atoms with Gasteiger partial charge in [-0.2, -0.15) is 0 Å². The van der Waals surface area contributed by atoms with Gasteiger partial charge in [0.2, 0.25) is 6.29 Å². The van der Waals surface area contributed by atoms with Crippen LogP contribution in [0.1, 0.15) is 113 Å². The van der Waals surface area contributed by atoms with Crippen molar-refractivity contribution in [3.05, 3.63) is 11.6 Å². The molecule has 13 N–H and O–H groups in total.